The second-order valence-electron chi connectivity index (χ2n) is 5.06. The summed E-state index contributed by atoms with van der Waals surface area (Å²) in [5.74, 6) is 0. The maximum atomic E-state index is 6.12. The first kappa shape index (κ1) is 13.2. The average Bonchev–Trinajstić information content (AvgIpc) is 2.28. The van der Waals surface area contributed by atoms with Crippen LogP contribution in [0.4, 0.5) is 0 Å². The molecule has 2 rings (SSSR count). The highest BCUT2D eigenvalue weighted by atomic mass is 79.9. The Bertz CT molecular complexity index is 554. The third-order valence-corrected chi connectivity index (χ3v) is 3.45. The lowest BCUT2D eigenvalue weighted by molar-refractivity contribution is 0.548. The summed E-state index contributed by atoms with van der Waals surface area (Å²) in [5.41, 5.74) is 9.94. The molecule has 2 nitrogen and oxygen atoms in total. The van der Waals surface area contributed by atoms with Crippen molar-refractivity contribution in [3.8, 4) is 11.3 Å². The van der Waals surface area contributed by atoms with Crippen LogP contribution in [0.15, 0.2) is 40.9 Å². The Balaban J connectivity index is 2.43. The van der Waals surface area contributed by atoms with Gasteiger partial charge in [0.15, 0.2) is 0 Å². The topological polar surface area (TPSA) is 38.9 Å². The molecule has 3 heteroatoms. The fourth-order valence-electron chi connectivity index (χ4n) is 2.02. The van der Waals surface area contributed by atoms with Gasteiger partial charge in [0.05, 0.1) is 5.69 Å². The molecule has 0 atom stereocenters. The van der Waals surface area contributed by atoms with Crippen LogP contribution in [-0.2, 0) is 5.54 Å². The molecule has 1 aromatic heterocycles. The first-order valence-electron chi connectivity index (χ1n) is 5.91. The maximum absolute atomic E-state index is 6.12. The molecule has 0 aliphatic rings. The second kappa shape index (κ2) is 4.82. The summed E-state index contributed by atoms with van der Waals surface area (Å²) in [5, 5.41) is 0. The standard InChI is InChI=1S/C15H17BrN2/c1-10-13(15(2,3)17)8-9-14(18-10)11-4-6-12(16)7-5-11/h4-9H,17H2,1-3H3. The van der Waals surface area contributed by atoms with Crippen molar-refractivity contribution in [2.45, 2.75) is 26.3 Å². The van der Waals surface area contributed by atoms with E-state index < -0.39 is 0 Å². The molecule has 0 saturated carbocycles. The SMILES string of the molecule is Cc1nc(-c2ccc(Br)cc2)ccc1C(C)(C)N. The molecular weight excluding hydrogens is 288 g/mol. The average molecular weight is 305 g/mol. The van der Waals surface area contributed by atoms with Crippen molar-refractivity contribution in [3.63, 3.8) is 0 Å². The third kappa shape index (κ3) is 2.79. The number of nitrogens with two attached hydrogens (primary N) is 1. The van der Waals surface area contributed by atoms with Crippen LogP contribution in [0.3, 0.4) is 0 Å². The number of hydrogen-bond acceptors (Lipinski definition) is 2. The minimum atomic E-state index is -0.352. The number of aromatic nitrogens is 1. The van der Waals surface area contributed by atoms with E-state index in [2.05, 4.69) is 39.1 Å². The monoisotopic (exact) mass is 304 g/mol. The van der Waals surface area contributed by atoms with Gasteiger partial charge in [0.1, 0.15) is 0 Å². The van der Waals surface area contributed by atoms with Crippen LogP contribution in [0, 0.1) is 6.92 Å². The largest absolute Gasteiger partial charge is 0.322 e. The number of hydrogen-bond donors (Lipinski definition) is 1. The van der Waals surface area contributed by atoms with Gasteiger partial charge < -0.3 is 5.73 Å². The number of nitrogens with zero attached hydrogens (tertiary/aromatic N) is 1. The van der Waals surface area contributed by atoms with Gasteiger partial charge in [0.25, 0.3) is 0 Å². The minimum absolute atomic E-state index is 0.352. The highest BCUT2D eigenvalue weighted by molar-refractivity contribution is 9.10. The zero-order valence-corrected chi connectivity index (χ0v) is 12.5. The molecule has 0 aliphatic carbocycles. The van der Waals surface area contributed by atoms with E-state index in [9.17, 15) is 0 Å². The summed E-state index contributed by atoms with van der Waals surface area (Å²) in [6, 6.07) is 12.2. The fraction of sp³-hybridized carbons (Fsp3) is 0.267. The molecule has 2 N–H and O–H groups in total. The van der Waals surface area contributed by atoms with Gasteiger partial charge in [-0.2, -0.15) is 0 Å². The Kier molecular flexibility index (Phi) is 3.55. The number of aryl methyl sites for hydroxylation is 1. The van der Waals surface area contributed by atoms with Crippen molar-refractivity contribution in [3.05, 3.63) is 52.1 Å². The van der Waals surface area contributed by atoms with Gasteiger partial charge in [-0.25, -0.2) is 0 Å². The minimum Gasteiger partial charge on any atom is -0.322 e. The molecule has 18 heavy (non-hydrogen) atoms. The van der Waals surface area contributed by atoms with Gasteiger partial charge in [-0.15, -0.1) is 0 Å². The van der Waals surface area contributed by atoms with E-state index in [1.54, 1.807) is 0 Å². The Morgan fingerprint density at radius 1 is 1.06 bits per heavy atom. The zero-order valence-electron chi connectivity index (χ0n) is 10.9. The number of benzene rings is 1. The number of halogens is 1. The van der Waals surface area contributed by atoms with E-state index >= 15 is 0 Å². The van der Waals surface area contributed by atoms with Crippen LogP contribution in [0.1, 0.15) is 25.1 Å². The van der Waals surface area contributed by atoms with Crippen molar-refractivity contribution in [1.29, 1.82) is 0 Å². The van der Waals surface area contributed by atoms with E-state index in [0.717, 1.165) is 27.0 Å². The number of pyridine rings is 1. The van der Waals surface area contributed by atoms with Gasteiger partial charge >= 0.3 is 0 Å². The highest BCUT2D eigenvalue weighted by Gasteiger charge is 2.17. The molecule has 1 aromatic carbocycles. The molecule has 0 saturated heterocycles. The molecule has 0 unspecified atom stereocenters. The lowest BCUT2D eigenvalue weighted by Gasteiger charge is -2.21. The molecule has 1 heterocycles. The third-order valence-electron chi connectivity index (χ3n) is 2.92. The fourth-order valence-corrected chi connectivity index (χ4v) is 2.29. The van der Waals surface area contributed by atoms with E-state index in [-0.39, 0.29) is 5.54 Å². The van der Waals surface area contributed by atoms with Gasteiger partial charge in [0, 0.05) is 21.3 Å². The number of rotatable bonds is 2. The molecule has 0 amide bonds. The van der Waals surface area contributed by atoms with Gasteiger partial charge in [-0.1, -0.05) is 34.1 Å². The zero-order chi connectivity index (χ0) is 13.3. The molecule has 2 aromatic rings. The lowest BCUT2D eigenvalue weighted by Crippen LogP contribution is -2.29. The Hall–Kier alpha value is -1.19. The molecule has 0 bridgehead atoms. The summed E-state index contributed by atoms with van der Waals surface area (Å²) < 4.78 is 1.07. The maximum Gasteiger partial charge on any atom is 0.0705 e. The summed E-state index contributed by atoms with van der Waals surface area (Å²) >= 11 is 3.43. The molecule has 0 spiro atoms. The molecule has 0 radical (unpaired) electrons. The molecule has 0 aliphatic heterocycles. The summed E-state index contributed by atoms with van der Waals surface area (Å²) in [7, 11) is 0. The van der Waals surface area contributed by atoms with Crippen molar-refractivity contribution in [2.24, 2.45) is 5.73 Å². The van der Waals surface area contributed by atoms with Gasteiger partial charge in [0.2, 0.25) is 0 Å². The van der Waals surface area contributed by atoms with E-state index in [4.69, 9.17) is 5.73 Å². The Labute approximate surface area is 116 Å². The van der Waals surface area contributed by atoms with Crippen LogP contribution in [0.5, 0.6) is 0 Å². The van der Waals surface area contributed by atoms with Crippen LogP contribution in [-0.4, -0.2) is 4.98 Å². The van der Waals surface area contributed by atoms with E-state index in [1.807, 2.05) is 39.0 Å². The van der Waals surface area contributed by atoms with E-state index in [0.29, 0.717) is 0 Å². The van der Waals surface area contributed by atoms with Crippen molar-refractivity contribution in [2.75, 3.05) is 0 Å². The second-order valence-corrected chi connectivity index (χ2v) is 5.97. The van der Waals surface area contributed by atoms with Crippen molar-refractivity contribution < 1.29 is 0 Å². The Morgan fingerprint density at radius 2 is 1.67 bits per heavy atom. The summed E-state index contributed by atoms with van der Waals surface area (Å²) in [6.07, 6.45) is 0. The quantitative estimate of drug-likeness (QED) is 0.910. The first-order chi connectivity index (χ1) is 8.38. The van der Waals surface area contributed by atoms with Crippen LogP contribution in [0.25, 0.3) is 11.3 Å². The van der Waals surface area contributed by atoms with Crippen LogP contribution >= 0.6 is 15.9 Å². The lowest BCUT2D eigenvalue weighted by atomic mass is 9.93. The summed E-state index contributed by atoms with van der Waals surface area (Å²) in [6.45, 7) is 6.00. The highest BCUT2D eigenvalue weighted by Crippen LogP contribution is 2.25. The van der Waals surface area contributed by atoms with Gasteiger partial charge in [-0.3, -0.25) is 4.98 Å². The van der Waals surface area contributed by atoms with Crippen molar-refractivity contribution in [1.82, 2.24) is 4.98 Å². The normalized spacial score (nSPS) is 11.6. The van der Waals surface area contributed by atoms with Gasteiger partial charge in [-0.05, 0) is 44.5 Å². The van der Waals surface area contributed by atoms with E-state index in [1.165, 1.54) is 0 Å². The molecular formula is C15H17BrN2. The molecule has 0 fully saturated rings. The van der Waals surface area contributed by atoms with Crippen LogP contribution in [0.2, 0.25) is 0 Å². The Morgan fingerprint density at radius 3 is 2.17 bits per heavy atom. The smallest absolute Gasteiger partial charge is 0.0705 e. The first-order valence-corrected chi connectivity index (χ1v) is 6.70. The predicted molar refractivity (Wildman–Crippen MR) is 79.3 cm³/mol. The molecule has 94 valence electrons. The van der Waals surface area contributed by atoms with Crippen LogP contribution < -0.4 is 5.73 Å². The predicted octanol–water partition coefficient (Wildman–Crippen LogP) is 4.01. The summed E-state index contributed by atoms with van der Waals surface area (Å²) in [4.78, 5) is 4.64. The van der Waals surface area contributed by atoms with Crippen molar-refractivity contribution >= 4 is 15.9 Å².